The Morgan fingerprint density at radius 3 is 2.91 bits per heavy atom. The Kier molecular flexibility index (Phi) is 3.80. The zero-order valence-electron chi connectivity index (χ0n) is 11.4. The maximum absolute atomic E-state index is 12.1. The Hall–Kier alpha value is -2.80. The van der Waals surface area contributed by atoms with Gasteiger partial charge in [-0.25, -0.2) is 4.98 Å². The fourth-order valence-corrected chi connectivity index (χ4v) is 1.87. The molecule has 0 bridgehead atoms. The van der Waals surface area contributed by atoms with Crippen LogP contribution in [0, 0.1) is 6.92 Å². The van der Waals surface area contributed by atoms with E-state index in [1.165, 1.54) is 18.6 Å². The van der Waals surface area contributed by atoms with Crippen molar-refractivity contribution in [3.8, 4) is 11.5 Å². The predicted octanol–water partition coefficient (Wildman–Crippen LogP) is 2.74. The van der Waals surface area contributed by atoms with E-state index in [0.29, 0.717) is 16.4 Å². The van der Waals surface area contributed by atoms with Gasteiger partial charge in [0.05, 0.1) is 6.20 Å². The van der Waals surface area contributed by atoms with Crippen molar-refractivity contribution in [1.29, 1.82) is 0 Å². The van der Waals surface area contributed by atoms with Crippen molar-refractivity contribution in [2.24, 2.45) is 0 Å². The molecule has 0 saturated carbocycles. The monoisotopic (exact) mass is 315 g/mol. The van der Waals surface area contributed by atoms with Crippen LogP contribution in [0.2, 0.25) is 5.02 Å². The highest BCUT2D eigenvalue weighted by molar-refractivity contribution is 6.31. The first kappa shape index (κ1) is 14.2. The summed E-state index contributed by atoms with van der Waals surface area (Å²) in [4.78, 5) is 24.0. The van der Waals surface area contributed by atoms with Crippen LogP contribution in [0.3, 0.4) is 0 Å². The Balaban J connectivity index is 1.78. The van der Waals surface area contributed by atoms with Gasteiger partial charge < -0.3 is 9.84 Å². The minimum absolute atomic E-state index is 0.169. The number of halogens is 1. The van der Waals surface area contributed by atoms with Gasteiger partial charge in [0, 0.05) is 23.1 Å². The van der Waals surface area contributed by atoms with Gasteiger partial charge in [-0.15, -0.1) is 0 Å². The van der Waals surface area contributed by atoms with Crippen LogP contribution < -0.4 is 5.32 Å². The van der Waals surface area contributed by atoms with E-state index >= 15 is 0 Å². The second-order valence-electron chi connectivity index (χ2n) is 4.43. The molecule has 1 N–H and O–H groups in total. The zero-order chi connectivity index (χ0) is 15.5. The summed E-state index contributed by atoms with van der Waals surface area (Å²) >= 11 is 6.01. The smallest absolute Gasteiger partial charge is 0.316 e. The maximum Gasteiger partial charge on any atom is 0.316 e. The first-order valence-corrected chi connectivity index (χ1v) is 6.69. The average molecular weight is 316 g/mol. The summed E-state index contributed by atoms with van der Waals surface area (Å²) < 4.78 is 4.93. The lowest BCUT2D eigenvalue weighted by Crippen LogP contribution is -2.12. The van der Waals surface area contributed by atoms with E-state index in [9.17, 15) is 4.79 Å². The lowest BCUT2D eigenvalue weighted by Gasteiger charge is -2.04. The molecule has 0 radical (unpaired) electrons. The van der Waals surface area contributed by atoms with Crippen LogP contribution in [-0.4, -0.2) is 26.0 Å². The number of aromatic nitrogens is 4. The molecule has 0 aliphatic heterocycles. The summed E-state index contributed by atoms with van der Waals surface area (Å²) in [6, 6.07) is 5.19. The molecular weight excluding hydrogens is 306 g/mol. The van der Waals surface area contributed by atoms with Crippen molar-refractivity contribution in [3.05, 3.63) is 53.3 Å². The SMILES string of the molecule is Cc1ccc(NC(=O)c2nc(-c3cnccn3)no2)cc1Cl. The number of hydrogen-bond donors (Lipinski definition) is 1. The van der Waals surface area contributed by atoms with Crippen LogP contribution in [0.1, 0.15) is 16.2 Å². The molecule has 3 rings (SSSR count). The van der Waals surface area contributed by atoms with Gasteiger partial charge in [0.2, 0.25) is 5.82 Å². The lowest BCUT2D eigenvalue weighted by molar-refractivity contribution is 0.0981. The number of hydrogen-bond acceptors (Lipinski definition) is 6. The van der Waals surface area contributed by atoms with Gasteiger partial charge in [0.25, 0.3) is 0 Å². The maximum atomic E-state index is 12.1. The normalized spacial score (nSPS) is 10.5. The highest BCUT2D eigenvalue weighted by Crippen LogP contribution is 2.20. The number of amides is 1. The van der Waals surface area contributed by atoms with Crippen molar-refractivity contribution in [3.63, 3.8) is 0 Å². The van der Waals surface area contributed by atoms with Crippen LogP contribution in [0.25, 0.3) is 11.5 Å². The Bertz CT molecular complexity index is 819. The summed E-state index contributed by atoms with van der Waals surface area (Å²) in [7, 11) is 0. The summed E-state index contributed by atoms with van der Waals surface area (Å²) in [6.07, 6.45) is 4.50. The largest absolute Gasteiger partial charge is 0.328 e. The van der Waals surface area contributed by atoms with Crippen LogP contribution in [0.4, 0.5) is 5.69 Å². The molecule has 22 heavy (non-hydrogen) atoms. The van der Waals surface area contributed by atoms with E-state index in [2.05, 4.69) is 25.4 Å². The van der Waals surface area contributed by atoms with Gasteiger partial charge in [-0.05, 0) is 24.6 Å². The number of rotatable bonds is 3. The molecule has 8 heteroatoms. The molecule has 1 amide bonds. The third-order valence-corrected chi connectivity index (χ3v) is 3.25. The predicted molar refractivity (Wildman–Crippen MR) is 79.5 cm³/mol. The summed E-state index contributed by atoms with van der Waals surface area (Å²) in [5.41, 5.74) is 1.88. The molecule has 2 aromatic heterocycles. The molecule has 1 aromatic carbocycles. The molecule has 7 nitrogen and oxygen atoms in total. The standard InChI is InChI=1S/C14H10ClN5O2/c1-8-2-3-9(6-10(8)15)18-13(21)14-19-12(20-22-14)11-7-16-4-5-17-11/h2-7H,1H3,(H,18,21). The van der Waals surface area contributed by atoms with E-state index in [4.69, 9.17) is 16.1 Å². The highest BCUT2D eigenvalue weighted by Gasteiger charge is 2.17. The molecule has 3 aromatic rings. The van der Waals surface area contributed by atoms with Gasteiger partial charge in [-0.2, -0.15) is 4.98 Å². The minimum atomic E-state index is -0.525. The molecule has 0 aliphatic rings. The lowest BCUT2D eigenvalue weighted by atomic mass is 10.2. The number of carbonyl (C=O) groups is 1. The summed E-state index contributed by atoms with van der Waals surface area (Å²) in [5, 5.41) is 6.90. The van der Waals surface area contributed by atoms with Crippen LogP contribution in [0.15, 0.2) is 41.3 Å². The fraction of sp³-hybridized carbons (Fsp3) is 0.0714. The van der Waals surface area contributed by atoms with Gasteiger partial charge in [0.15, 0.2) is 0 Å². The van der Waals surface area contributed by atoms with Crippen molar-refractivity contribution in [2.75, 3.05) is 5.32 Å². The van der Waals surface area contributed by atoms with Gasteiger partial charge in [-0.1, -0.05) is 22.8 Å². The zero-order valence-corrected chi connectivity index (χ0v) is 12.2. The minimum Gasteiger partial charge on any atom is -0.328 e. The van der Waals surface area contributed by atoms with Crippen molar-refractivity contribution >= 4 is 23.2 Å². The van der Waals surface area contributed by atoms with Crippen LogP contribution >= 0.6 is 11.6 Å². The number of benzene rings is 1. The molecule has 2 heterocycles. The third kappa shape index (κ3) is 2.94. The first-order chi connectivity index (χ1) is 10.6. The number of carbonyl (C=O) groups excluding carboxylic acids is 1. The average Bonchev–Trinajstić information content (AvgIpc) is 3.02. The molecule has 0 spiro atoms. The molecule has 0 saturated heterocycles. The van der Waals surface area contributed by atoms with Crippen molar-refractivity contribution < 1.29 is 9.32 Å². The first-order valence-electron chi connectivity index (χ1n) is 6.31. The Labute approximate surface area is 130 Å². The number of nitrogens with zero attached hydrogens (tertiary/aromatic N) is 4. The van der Waals surface area contributed by atoms with E-state index in [1.807, 2.05) is 6.92 Å². The Morgan fingerprint density at radius 1 is 1.32 bits per heavy atom. The number of aryl methyl sites for hydroxylation is 1. The van der Waals surface area contributed by atoms with E-state index in [1.54, 1.807) is 18.2 Å². The quantitative estimate of drug-likeness (QED) is 0.798. The summed E-state index contributed by atoms with van der Waals surface area (Å²) in [6.45, 7) is 1.87. The van der Waals surface area contributed by atoms with Crippen LogP contribution in [0.5, 0.6) is 0 Å². The Morgan fingerprint density at radius 2 is 2.18 bits per heavy atom. The second kappa shape index (κ2) is 5.90. The topological polar surface area (TPSA) is 93.8 Å². The van der Waals surface area contributed by atoms with Crippen molar-refractivity contribution in [1.82, 2.24) is 20.1 Å². The van der Waals surface area contributed by atoms with Gasteiger partial charge >= 0.3 is 11.8 Å². The molecular formula is C14H10ClN5O2. The molecule has 0 fully saturated rings. The molecule has 0 unspecified atom stereocenters. The molecule has 110 valence electrons. The van der Waals surface area contributed by atoms with Gasteiger partial charge in [0.1, 0.15) is 5.69 Å². The van der Waals surface area contributed by atoms with E-state index in [0.717, 1.165) is 5.56 Å². The number of nitrogens with one attached hydrogen (secondary N) is 1. The van der Waals surface area contributed by atoms with E-state index in [-0.39, 0.29) is 11.7 Å². The second-order valence-corrected chi connectivity index (χ2v) is 4.84. The third-order valence-electron chi connectivity index (χ3n) is 2.84. The van der Waals surface area contributed by atoms with Gasteiger partial charge in [-0.3, -0.25) is 9.78 Å². The number of anilines is 1. The highest BCUT2D eigenvalue weighted by atomic mass is 35.5. The summed E-state index contributed by atoms with van der Waals surface area (Å²) in [5.74, 6) is -0.500. The fourth-order valence-electron chi connectivity index (χ4n) is 1.69. The molecule has 0 atom stereocenters. The van der Waals surface area contributed by atoms with Crippen LogP contribution in [-0.2, 0) is 0 Å². The molecule has 0 aliphatic carbocycles. The van der Waals surface area contributed by atoms with E-state index < -0.39 is 5.91 Å². The van der Waals surface area contributed by atoms with Crippen molar-refractivity contribution in [2.45, 2.75) is 6.92 Å².